The average molecular weight is 385 g/mol. The molecule has 0 saturated heterocycles. The Labute approximate surface area is 144 Å². The molecule has 0 bridgehead atoms. The van der Waals surface area contributed by atoms with E-state index < -0.39 is 0 Å². The van der Waals surface area contributed by atoms with E-state index in [1.165, 1.54) is 10.4 Å². The molecule has 2 aromatic rings. The maximum atomic E-state index is 5.93. The molecule has 1 heterocycles. The number of methoxy groups -OCH3 is 1. The predicted octanol–water partition coefficient (Wildman–Crippen LogP) is 3.96. The van der Waals surface area contributed by atoms with Gasteiger partial charge in [0.25, 0.3) is 0 Å². The third kappa shape index (κ3) is 5.00. The van der Waals surface area contributed by atoms with E-state index >= 15 is 0 Å². The molecule has 0 aliphatic rings. The van der Waals surface area contributed by atoms with Crippen LogP contribution < -0.4 is 14.8 Å². The van der Waals surface area contributed by atoms with Crippen molar-refractivity contribution in [1.29, 1.82) is 0 Å². The minimum atomic E-state index is 0.202. The van der Waals surface area contributed by atoms with E-state index in [1.807, 2.05) is 6.07 Å². The third-order valence-corrected chi connectivity index (χ3v) is 4.62. The van der Waals surface area contributed by atoms with Crippen LogP contribution in [0.3, 0.4) is 0 Å². The van der Waals surface area contributed by atoms with Crippen molar-refractivity contribution in [3.63, 3.8) is 0 Å². The molecular formula is C17H23BrNO2S+. The molecule has 0 fully saturated rings. The van der Waals surface area contributed by atoms with Gasteiger partial charge in [-0.1, -0.05) is 6.07 Å². The summed E-state index contributed by atoms with van der Waals surface area (Å²) in [5.41, 5.74) is 1.41. The first kappa shape index (κ1) is 17.3. The van der Waals surface area contributed by atoms with Gasteiger partial charge >= 0.3 is 0 Å². The van der Waals surface area contributed by atoms with E-state index in [1.54, 1.807) is 18.4 Å². The number of halogens is 1. The Morgan fingerprint density at radius 3 is 2.64 bits per heavy atom. The first-order valence-corrected chi connectivity index (χ1v) is 8.92. The second kappa shape index (κ2) is 7.49. The molecule has 0 amide bonds. The zero-order valence-corrected chi connectivity index (χ0v) is 15.9. The van der Waals surface area contributed by atoms with Gasteiger partial charge in [-0.15, -0.1) is 11.3 Å². The van der Waals surface area contributed by atoms with Gasteiger partial charge in [0, 0.05) is 10.4 Å². The van der Waals surface area contributed by atoms with E-state index in [0.717, 1.165) is 22.5 Å². The Kier molecular flexibility index (Phi) is 5.89. The molecule has 0 aliphatic carbocycles. The molecule has 2 N–H and O–H groups in total. The van der Waals surface area contributed by atoms with Gasteiger partial charge in [-0.25, -0.2) is 0 Å². The molecule has 22 heavy (non-hydrogen) atoms. The number of nitrogens with two attached hydrogens (primary N) is 1. The summed E-state index contributed by atoms with van der Waals surface area (Å²) in [6, 6.07) is 8.25. The summed E-state index contributed by atoms with van der Waals surface area (Å²) in [5.74, 6) is 1.53. The van der Waals surface area contributed by atoms with Crippen LogP contribution in [0.4, 0.5) is 0 Å². The van der Waals surface area contributed by atoms with Gasteiger partial charge in [0.1, 0.15) is 13.2 Å². The fourth-order valence-corrected chi connectivity index (χ4v) is 3.21. The second-order valence-corrected chi connectivity index (χ2v) is 8.14. The van der Waals surface area contributed by atoms with Gasteiger partial charge in [0.15, 0.2) is 11.5 Å². The number of thiophene rings is 1. The fraction of sp³-hybridized carbons (Fsp3) is 0.412. The molecule has 2 rings (SSSR count). The van der Waals surface area contributed by atoms with Crippen LogP contribution in [0.2, 0.25) is 0 Å². The van der Waals surface area contributed by atoms with Gasteiger partial charge < -0.3 is 14.8 Å². The van der Waals surface area contributed by atoms with E-state index in [4.69, 9.17) is 9.47 Å². The first-order valence-electron chi connectivity index (χ1n) is 7.25. The van der Waals surface area contributed by atoms with Crippen molar-refractivity contribution in [2.75, 3.05) is 7.11 Å². The number of hydrogen-bond donors (Lipinski definition) is 1. The highest BCUT2D eigenvalue weighted by atomic mass is 79.9. The highest BCUT2D eigenvalue weighted by Crippen LogP contribution is 2.37. The largest absolute Gasteiger partial charge is 0.493 e. The summed E-state index contributed by atoms with van der Waals surface area (Å²) < 4.78 is 12.4. The van der Waals surface area contributed by atoms with E-state index in [-0.39, 0.29) is 5.54 Å². The van der Waals surface area contributed by atoms with Crippen LogP contribution in [0.5, 0.6) is 11.5 Å². The lowest BCUT2D eigenvalue weighted by Gasteiger charge is -2.18. The predicted molar refractivity (Wildman–Crippen MR) is 94.7 cm³/mol. The smallest absolute Gasteiger partial charge is 0.175 e. The van der Waals surface area contributed by atoms with Crippen LogP contribution in [0.1, 0.15) is 31.2 Å². The molecule has 0 unspecified atom stereocenters. The van der Waals surface area contributed by atoms with Crippen LogP contribution >= 0.6 is 27.3 Å². The second-order valence-electron chi connectivity index (χ2n) is 6.25. The first-order chi connectivity index (χ1) is 10.4. The lowest BCUT2D eigenvalue weighted by atomic mass is 10.1. The summed E-state index contributed by atoms with van der Waals surface area (Å²) in [5, 5.41) is 4.36. The Balaban J connectivity index is 2.13. The normalized spacial score (nSPS) is 11.5. The van der Waals surface area contributed by atoms with E-state index in [0.29, 0.717) is 6.61 Å². The molecule has 0 radical (unpaired) electrons. The number of hydrogen-bond acceptors (Lipinski definition) is 3. The maximum Gasteiger partial charge on any atom is 0.175 e. The van der Waals surface area contributed by atoms with Gasteiger partial charge in [0.2, 0.25) is 0 Å². The molecular weight excluding hydrogens is 362 g/mol. The molecule has 5 heteroatoms. The topological polar surface area (TPSA) is 35.1 Å². The summed E-state index contributed by atoms with van der Waals surface area (Å²) in [6.45, 7) is 8.08. The Hall–Kier alpha value is -1.04. The van der Waals surface area contributed by atoms with Crippen molar-refractivity contribution in [1.82, 2.24) is 0 Å². The van der Waals surface area contributed by atoms with Crippen molar-refractivity contribution in [3.8, 4) is 11.5 Å². The van der Waals surface area contributed by atoms with Gasteiger partial charge in [0.05, 0.1) is 17.1 Å². The number of benzene rings is 1. The minimum Gasteiger partial charge on any atom is -0.493 e. The highest BCUT2D eigenvalue weighted by Gasteiger charge is 2.16. The molecule has 1 aromatic heterocycles. The average Bonchev–Trinajstić information content (AvgIpc) is 2.95. The highest BCUT2D eigenvalue weighted by molar-refractivity contribution is 9.10. The summed E-state index contributed by atoms with van der Waals surface area (Å²) in [6.07, 6.45) is 0. The van der Waals surface area contributed by atoms with Crippen molar-refractivity contribution in [3.05, 3.63) is 44.6 Å². The Bertz CT molecular complexity index is 606. The van der Waals surface area contributed by atoms with Crippen molar-refractivity contribution < 1.29 is 14.8 Å². The zero-order valence-electron chi connectivity index (χ0n) is 13.5. The molecule has 0 saturated carbocycles. The van der Waals surface area contributed by atoms with Crippen molar-refractivity contribution in [2.24, 2.45) is 0 Å². The minimum absolute atomic E-state index is 0.202. The van der Waals surface area contributed by atoms with E-state index in [2.05, 4.69) is 65.6 Å². The van der Waals surface area contributed by atoms with Crippen LogP contribution in [0, 0.1) is 0 Å². The van der Waals surface area contributed by atoms with Crippen LogP contribution in [-0.4, -0.2) is 12.6 Å². The lowest BCUT2D eigenvalue weighted by molar-refractivity contribution is -0.731. The Morgan fingerprint density at radius 1 is 1.27 bits per heavy atom. The third-order valence-electron chi connectivity index (χ3n) is 3.18. The quantitative estimate of drug-likeness (QED) is 0.817. The zero-order chi connectivity index (χ0) is 16.2. The number of ether oxygens (including phenoxy) is 2. The SMILES string of the molecule is COc1cc(C[NH2+]C(C)(C)C)cc(Br)c1OCc1cccs1. The summed E-state index contributed by atoms with van der Waals surface area (Å²) >= 11 is 5.30. The van der Waals surface area contributed by atoms with Crippen LogP contribution in [0.25, 0.3) is 0 Å². The summed E-state index contributed by atoms with van der Waals surface area (Å²) in [4.78, 5) is 1.19. The van der Waals surface area contributed by atoms with Gasteiger partial charge in [-0.2, -0.15) is 0 Å². The molecule has 1 aromatic carbocycles. The molecule has 3 nitrogen and oxygen atoms in total. The van der Waals surface area contributed by atoms with Gasteiger partial charge in [-0.05, 0) is 60.3 Å². The lowest BCUT2D eigenvalue weighted by Crippen LogP contribution is -2.92. The number of rotatable bonds is 6. The number of quaternary nitrogens is 1. The Morgan fingerprint density at radius 2 is 2.05 bits per heavy atom. The molecule has 0 atom stereocenters. The molecule has 0 spiro atoms. The van der Waals surface area contributed by atoms with Crippen molar-refractivity contribution >= 4 is 27.3 Å². The fourth-order valence-electron chi connectivity index (χ4n) is 1.99. The van der Waals surface area contributed by atoms with Crippen molar-refractivity contribution in [2.45, 2.75) is 39.5 Å². The standard InChI is InChI=1S/C17H22BrNO2S/c1-17(2,3)19-10-12-8-14(18)16(15(9-12)20-4)21-11-13-6-5-7-22-13/h5-9,19H,10-11H2,1-4H3/p+1. The van der Waals surface area contributed by atoms with E-state index in [9.17, 15) is 0 Å². The van der Waals surface area contributed by atoms with Gasteiger partial charge in [-0.3, -0.25) is 0 Å². The summed E-state index contributed by atoms with van der Waals surface area (Å²) in [7, 11) is 1.68. The monoisotopic (exact) mass is 384 g/mol. The maximum absolute atomic E-state index is 5.93. The van der Waals surface area contributed by atoms with Crippen LogP contribution in [-0.2, 0) is 13.2 Å². The molecule has 0 aliphatic heterocycles. The van der Waals surface area contributed by atoms with Crippen LogP contribution in [0.15, 0.2) is 34.1 Å². The molecule has 120 valence electrons.